The maximum Gasteiger partial charge on any atom is 0.264 e. The zero-order valence-corrected chi connectivity index (χ0v) is 23.1. The number of nitrogens with zero attached hydrogens (tertiary/aromatic N) is 2. The summed E-state index contributed by atoms with van der Waals surface area (Å²) in [6.07, 6.45) is 4.36. The second-order valence-electron chi connectivity index (χ2n) is 8.58. The number of aromatic nitrogens is 2. The first-order chi connectivity index (χ1) is 18.8. The molecular formula is C30H28ClN5O2S. The van der Waals surface area contributed by atoms with Crippen LogP contribution < -0.4 is 21.7 Å². The van der Waals surface area contributed by atoms with E-state index in [1.807, 2.05) is 86.0 Å². The number of halogens is 1. The number of anilines is 2. The van der Waals surface area contributed by atoms with Crippen molar-refractivity contribution < 1.29 is 4.79 Å². The lowest BCUT2D eigenvalue weighted by atomic mass is 10.0. The molecule has 0 bridgehead atoms. The molecule has 198 valence electrons. The molecule has 39 heavy (non-hydrogen) atoms. The maximum absolute atomic E-state index is 12.8. The van der Waals surface area contributed by atoms with Gasteiger partial charge in [-0.05, 0) is 59.8 Å². The molecule has 0 spiro atoms. The minimum atomic E-state index is -0.578. The number of pyridine rings is 2. The number of fused-ring (bicyclic) bond motifs is 1. The van der Waals surface area contributed by atoms with E-state index in [0.29, 0.717) is 10.4 Å². The van der Waals surface area contributed by atoms with Crippen molar-refractivity contribution in [3.63, 3.8) is 0 Å². The van der Waals surface area contributed by atoms with Gasteiger partial charge < -0.3 is 16.2 Å². The molecule has 2 heterocycles. The Bertz CT molecular complexity index is 1690. The molecule has 5 aromatic rings. The molecule has 0 aliphatic heterocycles. The van der Waals surface area contributed by atoms with E-state index < -0.39 is 5.91 Å². The molecule has 7 nitrogen and oxygen atoms in total. The number of aryl methyl sites for hydroxylation is 1. The molecule has 2 aromatic heterocycles. The summed E-state index contributed by atoms with van der Waals surface area (Å²) in [6, 6.07) is 26.7. The highest BCUT2D eigenvalue weighted by Gasteiger charge is 2.12. The van der Waals surface area contributed by atoms with Gasteiger partial charge in [0.15, 0.2) is 0 Å². The first-order valence-corrected chi connectivity index (χ1v) is 13.8. The number of amides is 1. The quantitative estimate of drug-likeness (QED) is 0.210. The smallest absolute Gasteiger partial charge is 0.264 e. The van der Waals surface area contributed by atoms with Gasteiger partial charge in [0.1, 0.15) is 5.82 Å². The van der Waals surface area contributed by atoms with Gasteiger partial charge in [-0.15, -0.1) is 0 Å². The number of benzene rings is 3. The Kier molecular flexibility index (Phi) is 8.91. The van der Waals surface area contributed by atoms with Crippen molar-refractivity contribution in [2.75, 3.05) is 16.7 Å². The lowest BCUT2D eigenvalue weighted by molar-refractivity contribution is 0.100. The molecule has 1 amide bonds. The van der Waals surface area contributed by atoms with Gasteiger partial charge in [-0.2, -0.15) is 0 Å². The van der Waals surface area contributed by atoms with Gasteiger partial charge in [0, 0.05) is 35.1 Å². The highest BCUT2D eigenvalue weighted by Crippen LogP contribution is 2.25. The molecule has 0 saturated heterocycles. The summed E-state index contributed by atoms with van der Waals surface area (Å²) in [5, 5.41) is 1.97. The van der Waals surface area contributed by atoms with E-state index in [1.54, 1.807) is 22.9 Å². The molecule has 0 aliphatic rings. The number of hydrogen-bond donors (Lipinski definition) is 3. The number of rotatable bonds is 6. The van der Waals surface area contributed by atoms with Crippen molar-refractivity contribution in [1.82, 2.24) is 9.55 Å². The van der Waals surface area contributed by atoms with Crippen molar-refractivity contribution in [2.45, 2.75) is 13.3 Å². The standard InChI is InChI=1S/C17H14ClNO.C13H14N4OS/c1-2-13-11-12-7-6-10-15(18)16(12)17(20)19(13)14-8-4-3-5-9-14;1-19-17-10-4-2-3-8(5-10)9-6-11(13(15)18)12(14)16-7-9/h3-11H,2H2,1H3;2-7,17H,1H3,(H2,14,16)(H2,15,18). The van der Waals surface area contributed by atoms with Crippen LogP contribution in [0, 0.1) is 0 Å². The molecule has 0 fully saturated rings. The minimum Gasteiger partial charge on any atom is -0.383 e. The second kappa shape index (κ2) is 12.5. The molecule has 0 atom stereocenters. The number of nitrogen functional groups attached to an aromatic ring is 1. The molecule has 0 unspecified atom stereocenters. The van der Waals surface area contributed by atoms with Crippen LogP contribution in [-0.4, -0.2) is 21.7 Å². The van der Waals surface area contributed by atoms with E-state index in [-0.39, 0.29) is 16.9 Å². The predicted molar refractivity (Wildman–Crippen MR) is 164 cm³/mol. The lowest BCUT2D eigenvalue weighted by Gasteiger charge is -2.14. The SMILES string of the molecule is CCc1cc2cccc(Cl)c2c(=O)n1-c1ccccc1.CSNc1cccc(-c2cnc(N)c(C(N)=O)c2)c1. The van der Waals surface area contributed by atoms with Crippen LogP contribution >= 0.6 is 23.5 Å². The summed E-state index contributed by atoms with van der Waals surface area (Å²) >= 11 is 7.71. The summed E-state index contributed by atoms with van der Waals surface area (Å²) in [7, 11) is 0. The highest BCUT2D eigenvalue weighted by molar-refractivity contribution is 7.99. The first kappa shape index (κ1) is 27.8. The number of carbonyl (C=O) groups is 1. The van der Waals surface area contributed by atoms with Gasteiger partial charge >= 0.3 is 0 Å². The Balaban J connectivity index is 0.000000181. The monoisotopic (exact) mass is 557 g/mol. The Hall–Kier alpha value is -4.27. The number of nitrogens with one attached hydrogen (secondary N) is 1. The molecule has 5 N–H and O–H groups in total. The number of nitrogens with two attached hydrogens (primary N) is 2. The molecule has 0 saturated carbocycles. The van der Waals surface area contributed by atoms with E-state index >= 15 is 0 Å². The normalized spacial score (nSPS) is 10.5. The fourth-order valence-electron chi connectivity index (χ4n) is 4.20. The molecule has 0 aliphatic carbocycles. The number of para-hydroxylation sites is 1. The van der Waals surface area contributed by atoms with Crippen molar-refractivity contribution in [2.24, 2.45) is 5.73 Å². The van der Waals surface area contributed by atoms with Gasteiger partial charge in [0.05, 0.1) is 16.0 Å². The zero-order valence-electron chi connectivity index (χ0n) is 21.5. The van der Waals surface area contributed by atoms with Crippen LogP contribution in [0.25, 0.3) is 27.6 Å². The Labute approximate surface area is 236 Å². The van der Waals surface area contributed by atoms with E-state index in [0.717, 1.165) is 40.0 Å². The number of primary amides is 1. The summed E-state index contributed by atoms with van der Waals surface area (Å²) in [5.74, 6) is -0.431. The van der Waals surface area contributed by atoms with Crippen molar-refractivity contribution in [3.05, 3.63) is 118 Å². The molecule has 9 heteroatoms. The fraction of sp³-hybridized carbons (Fsp3) is 0.100. The van der Waals surface area contributed by atoms with Gasteiger partial charge in [-0.3, -0.25) is 14.2 Å². The van der Waals surface area contributed by atoms with Crippen LogP contribution in [0.15, 0.2) is 95.9 Å². The second-order valence-corrected chi connectivity index (χ2v) is 9.60. The zero-order chi connectivity index (χ0) is 27.9. The van der Waals surface area contributed by atoms with E-state index in [9.17, 15) is 9.59 Å². The topological polar surface area (TPSA) is 116 Å². The van der Waals surface area contributed by atoms with E-state index in [2.05, 4.69) is 9.71 Å². The van der Waals surface area contributed by atoms with Crippen LogP contribution in [0.3, 0.4) is 0 Å². The Morgan fingerprint density at radius 1 is 1.00 bits per heavy atom. The van der Waals surface area contributed by atoms with Crippen molar-refractivity contribution >= 4 is 51.7 Å². The third-order valence-electron chi connectivity index (χ3n) is 6.05. The van der Waals surface area contributed by atoms with Gasteiger partial charge in [0.25, 0.3) is 11.5 Å². The van der Waals surface area contributed by atoms with Crippen LogP contribution in [0.4, 0.5) is 11.5 Å². The summed E-state index contributed by atoms with van der Waals surface area (Å²) < 4.78 is 4.89. The predicted octanol–water partition coefficient (Wildman–Crippen LogP) is 6.33. The lowest BCUT2D eigenvalue weighted by Crippen LogP contribution is -2.22. The van der Waals surface area contributed by atoms with Gasteiger partial charge in [-0.25, -0.2) is 4.98 Å². The number of hydrogen-bond acceptors (Lipinski definition) is 6. The highest BCUT2D eigenvalue weighted by atomic mass is 35.5. The van der Waals surface area contributed by atoms with Crippen LogP contribution in [-0.2, 0) is 6.42 Å². The number of carbonyl (C=O) groups excluding carboxylic acids is 1. The van der Waals surface area contributed by atoms with Gasteiger partial charge in [-0.1, -0.05) is 72.9 Å². The average molecular weight is 558 g/mol. The average Bonchev–Trinajstić information content (AvgIpc) is 2.94. The molecular weight excluding hydrogens is 530 g/mol. The fourth-order valence-corrected chi connectivity index (χ4v) is 4.83. The Morgan fingerprint density at radius 3 is 2.44 bits per heavy atom. The molecule has 3 aromatic carbocycles. The van der Waals surface area contributed by atoms with Crippen LogP contribution in [0.5, 0.6) is 0 Å². The first-order valence-electron chi connectivity index (χ1n) is 12.2. The molecule has 5 rings (SSSR count). The third kappa shape index (κ3) is 6.25. The van der Waals surface area contributed by atoms with Crippen LogP contribution in [0.1, 0.15) is 23.0 Å². The minimum absolute atomic E-state index is 0.0591. The van der Waals surface area contributed by atoms with Gasteiger partial charge in [0.2, 0.25) is 0 Å². The van der Waals surface area contributed by atoms with Crippen molar-refractivity contribution in [3.8, 4) is 16.8 Å². The third-order valence-corrected chi connectivity index (χ3v) is 6.80. The summed E-state index contributed by atoms with van der Waals surface area (Å²) in [5.41, 5.74) is 15.6. The largest absolute Gasteiger partial charge is 0.383 e. The maximum atomic E-state index is 12.8. The molecule has 0 radical (unpaired) electrons. The van der Waals surface area contributed by atoms with E-state index in [4.69, 9.17) is 23.1 Å². The van der Waals surface area contributed by atoms with Crippen LogP contribution in [0.2, 0.25) is 5.02 Å². The summed E-state index contributed by atoms with van der Waals surface area (Å²) in [4.78, 5) is 28.1. The van der Waals surface area contributed by atoms with E-state index in [1.165, 1.54) is 11.9 Å². The van der Waals surface area contributed by atoms with Crippen molar-refractivity contribution in [1.29, 1.82) is 0 Å². The summed E-state index contributed by atoms with van der Waals surface area (Å²) in [6.45, 7) is 2.05. The Morgan fingerprint density at radius 2 is 1.74 bits per heavy atom.